The lowest BCUT2D eigenvalue weighted by Gasteiger charge is -2.30. The molecule has 1 aromatic rings. The fraction of sp³-hybridized carbons (Fsp3) is 0.533. The number of carbonyl (C=O) groups is 1. The SMILES string of the molecule is COC(=O)C1CCN(C(C)c2ccccc2)[C@H]1C. The zero-order chi connectivity index (χ0) is 13.1. The Kier molecular flexibility index (Phi) is 4.02. The number of carbonyl (C=O) groups excluding carboxylic acids is 1. The predicted octanol–water partition coefficient (Wildman–Crippen LogP) is 2.63. The Hall–Kier alpha value is -1.35. The molecule has 0 aliphatic carbocycles. The molecular formula is C15H21NO2. The molecule has 1 aliphatic rings. The van der Waals surface area contributed by atoms with Gasteiger partial charge in [0.2, 0.25) is 0 Å². The molecule has 3 atom stereocenters. The second-order valence-corrected chi connectivity index (χ2v) is 4.98. The van der Waals surface area contributed by atoms with Crippen LogP contribution in [0.4, 0.5) is 0 Å². The Bertz CT molecular complexity index is 404. The van der Waals surface area contributed by atoms with Gasteiger partial charge in [-0.15, -0.1) is 0 Å². The number of ether oxygens (including phenoxy) is 1. The molecule has 0 bridgehead atoms. The van der Waals surface area contributed by atoms with Crippen molar-refractivity contribution < 1.29 is 9.53 Å². The highest BCUT2D eigenvalue weighted by Gasteiger charge is 2.38. The van der Waals surface area contributed by atoms with Crippen molar-refractivity contribution in [3.63, 3.8) is 0 Å². The molecule has 3 nitrogen and oxygen atoms in total. The van der Waals surface area contributed by atoms with E-state index in [9.17, 15) is 4.79 Å². The molecule has 0 amide bonds. The average molecular weight is 247 g/mol. The van der Waals surface area contributed by atoms with Gasteiger partial charge in [0, 0.05) is 12.1 Å². The number of methoxy groups -OCH3 is 1. The second kappa shape index (κ2) is 5.53. The molecule has 0 N–H and O–H groups in total. The van der Waals surface area contributed by atoms with Gasteiger partial charge < -0.3 is 4.74 Å². The summed E-state index contributed by atoms with van der Waals surface area (Å²) in [5.41, 5.74) is 1.30. The maximum absolute atomic E-state index is 11.7. The summed E-state index contributed by atoms with van der Waals surface area (Å²) in [7, 11) is 1.47. The van der Waals surface area contributed by atoms with Crippen LogP contribution in [0.15, 0.2) is 30.3 Å². The minimum Gasteiger partial charge on any atom is -0.469 e. The van der Waals surface area contributed by atoms with Crippen molar-refractivity contribution >= 4 is 5.97 Å². The molecular weight excluding hydrogens is 226 g/mol. The van der Waals surface area contributed by atoms with Crippen LogP contribution >= 0.6 is 0 Å². The lowest BCUT2D eigenvalue weighted by molar-refractivity contribution is -0.146. The van der Waals surface area contributed by atoms with E-state index in [4.69, 9.17) is 4.74 Å². The molecule has 2 rings (SSSR count). The van der Waals surface area contributed by atoms with Crippen molar-refractivity contribution in [2.45, 2.75) is 32.4 Å². The first-order valence-electron chi connectivity index (χ1n) is 6.53. The maximum Gasteiger partial charge on any atom is 0.310 e. The van der Waals surface area contributed by atoms with E-state index in [1.54, 1.807) is 0 Å². The molecule has 98 valence electrons. The van der Waals surface area contributed by atoms with Crippen LogP contribution in [0.1, 0.15) is 31.9 Å². The molecule has 1 aromatic carbocycles. The molecule has 1 aliphatic heterocycles. The largest absolute Gasteiger partial charge is 0.469 e. The predicted molar refractivity (Wildman–Crippen MR) is 71.1 cm³/mol. The van der Waals surface area contributed by atoms with Crippen LogP contribution in [0, 0.1) is 5.92 Å². The van der Waals surface area contributed by atoms with Gasteiger partial charge in [0.25, 0.3) is 0 Å². The Balaban J connectivity index is 2.09. The molecule has 18 heavy (non-hydrogen) atoms. The van der Waals surface area contributed by atoms with E-state index in [-0.39, 0.29) is 17.9 Å². The highest BCUT2D eigenvalue weighted by atomic mass is 16.5. The van der Waals surface area contributed by atoms with E-state index >= 15 is 0 Å². The van der Waals surface area contributed by atoms with Crippen LogP contribution in [0.2, 0.25) is 0 Å². The number of likely N-dealkylation sites (tertiary alicyclic amines) is 1. The van der Waals surface area contributed by atoms with Crippen LogP contribution in [-0.4, -0.2) is 30.6 Å². The third-order valence-corrected chi connectivity index (χ3v) is 4.09. The number of rotatable bonds is 3. The quantitative estimate of drug-likeness (QED) is 0.769. The molecule has 1 heterocycles. The number of benzene rings is 1. The smallest absolute Gasteiger partial charge is 0.310 e. The van der Waals surface area contributed by atoms with Crippen molar-refractivity contribution in [3.05, 3.63) is 35.9 Å². The van der Waals surface area contributed by atoms with Gasteiger partial charge in [0.1, 0.15) is 0 Å². The Morgan fingerprint density at radius 1 is 1.39 bits per heavy atom. The fourth-order valence-corrected chi connectivity index (χ4v) is 2.90. The number of hydrogen-bond acceptors (Lipinski definition) is 3. The number of hydrogen-bond donors (Lipinski definition) is 0. The van der Waals surface area contributed by atoms with Gasteiger partial charge in [-0.2, -0.15) is 0 Å². The average Bonchev–Trinajstić information content (AvgIpc) is 2.80. The Morgan fingerprint density at radius 3 is 2.67 bits per heavy atom. The first-order valence-corrected chi connectivity index (χ1v) is 6.53. The molecule has 0 radical (unpaired) electrons. The summed E-state index contributed by atoms with van der Waals surface area (Å²) in [5.74, 6) is -0.0635. The van der Waals surface area contributed by atoms with Crippen LogP contribution in [0.3, 0.4) is 0 Å². The van der Waals surface area contributed by atoms with E-state index in [1.165, 1.54) is 12.7 Å². The van der Waals surface area contributed by atoms with Crippen molar-refractivity contribution in [3.8, 4) is 0 Å². The standard InChI is InChI=1S/C15H21NO2/c1-11(13-7-5-4-6-8-13)16-10-9-14(12(16)2)15(17)18-3/h4-8,11-12,14H,9-10H2,1-3H3/t11?,12-,14?/m0/s1. The van der Waals surface area contributed by atoms with Gasteiger partial charge in [-0.1, -0.05) is 30.3 Å². The summed E-state index contributed by atoms with van der Waals surface area (Å²) in [5, 5.41) is 0. The molecule has 1 fully saturated rings. The summed E-state index contributed by atoms with van der Waals surface area (Å²) in [6.45, 7) is 5.27. The summed E-state index contributed by atoms with van der Waals surface area (Å²) < 4.78 is 4.87. The van der Waals surface area contributed by atoms with E-state index in [0.29, 0.717) is 6.04 Å². The summed E-state index contributed by atoms with van der Waals surface area (Å²) in [6, 6.07) is 11.0. The first kappa shape index (κ1) is 13.1. The molecule has 0 saturated carbocycles. The molecule has 0 aromatic heterocycles. The zero-order valence-corrected chi connectivity index (χ0v) is 11.3. The van der Waals surface area contributed by atoms with E-state index in [1.807, 2.05) is 6.07 Å². The molecule has 0 spiro atoms. The van der Waals surface area contributed by atoms with Gasteiger partial charge in [-0.25, -0.2) is 0 Å². The van der Waals surface area contributed by atoms with Crippen molar-refractivity contribution in [2.75, 3.05) is 13.7 Å². The topological polar surface area (TPSA) is 29.5 Å². The Labute approximate surface area is 109 Å². The van der Waals surface area contributed by atoms with Gasteiger partial charge >= 0.3 is 5.97 Å². The van der Waals surface area contributed by atoms with Crippen LogP contribution in [0.25, 0.3) is 0 Å². The fourth-order valence-electron chi connectivity index (χ4n) is 2.90. The third-order valence-electron chi connectivity index (χ3n) is 4.09. The minimum absolute atomic E-state index is 0.0150. The van der Waals surface area contributed by atoms with Crippen LogP contribution in [-0.2, 0) is 9.53 Å². The summed E-state index contributed by atoms with van der Waals surface area (Å²) in [4.78, 5) is 14.1. The lowest BCUT2D eigenvalue weighted by atomic mass is 10.0. The minimum atomic E-state index is -0.0785. The molecule has 2 unspecified atom stereocenters. The number of nitrogens with zero attached hydrogens (tertiary/aromatic N) is 1. The van der Waals surface area contributed by atoms with Crippen LogP contribution in [0.5, 0.6) is 0 Å². The zero-order valence-electron chi connectivity index (χ0n) is 11.3. The summed E-state index contributed by atoms with van der Waals surface area (Å²) in [6.07, 6.45) is 0.894. The van der Waals surface area contributed by atoms with E-state index in [2.05, 4.69) is 43.0 Å². The van der Waals surface area contributed by atoms with Crippen molar-refractivity contribution in [1.29, 1.82) is 0 Å². The lowest BCUT2D eigenvalue weighted by Crippen LogP contribution is -2.35. The Morgan fingerprint density at radius 2 is 2.06 bits per heavy atom. The van der Waals surface area contributed by atoms with Gasteiger partial charge in [-0.05, 0) is 32.4 Å². The molecule has 1 saturated heterocycles. The monoisotopic (exact) mass is 247 g/mol. The summed E-state index contributed by atoms with van der Waals surface area (Å²) >= 11 is 0. The normalized spacial score (nSPS) is 25.9. The highest BCUT2D eigenvalue weighted by molar-refractivity contribution is 5.73. The van der Waals surface area contributed by atoms with Gasteiger partial charge in [-0.3, -0.25) is 9.69 Å². The van der Waals surface area contributed by atoms with Crippen molar-refractivity contribution in [1.82, 2.24) is 4.90 Å². The van der Waals surface area contributed by atoms with Gasteiger partial charge in [0.15, 0.2) is 0 Å². The number of esters is 1. The van der Waals surface area contributed by atoms with Gasteiger partial charge in [0.05, 0.1) is 13.0 Å². The van der Waals surface area contributed by atoms with Crippen LogP contribution < -0.4 is 0 Å². The second-order valence-electron chi connectivity index (χ2n) is 4.98. The van der Waals surface area contributed by atoms with Crippen molar-refractivity contribution in [2.24, 2.45) is 5.92 Å². The van der Waals surface area contributed by atoms with E-state index in [0.717, 1.165) is 13.0 Å². The highest BCUT2D eigenvalue weighted by Crippen LogP contribution is 2.32. The molecule has 3 heteroatoms. The van der Waals surface area contributed by atoms with E-state index < -0.39 is 0 Å². The first-order chi connectivity index (χ1) is 8.65. The third kappa shape index (κ3) is 2.41. The maximum atomic E-state index is 11.7.